The summed E-state index contributed by atoms with van der Waals surface area (Å²) in [7, 11) is 1.97. The van der Waals surface area contributed by atoms with Crippen molar-refractivity contribution in [3.8, 4) is 0 Å². The molecule has 4 rings (SSSR count). The number of aliphatic hydroxyl groups is 1. The molecule has 0 unspecified atom stereocenters. The van der Waals surface area contributed by atoms with Crippen molar-refractivity contribution < 1.29 is 19.4 Å². The Kier molecular flexibility index (Phi) is 7.02. The van der Waals surface area contributed by atoms with Gasteiger partial charge in [-0.2, -0.15) is 0 Å². The fraction of sp³-hybridized carbons (Fsp3) is 0.667. The number of rotatable bonds is 7. The number of nitrogens with one attached hydrogen (secondary N) is 2. The Balaban J connectivity index is 1.53. The van der Waals surface area contributed by atoms with Gasteiger partial charge in [-0.25, -0.2) is 4.79 Å². The summed E-state index contributed by atoms with van der Waals surface area (Å²) in [6.45, 7) is 2.42. The van der Waals surface area contributed by atoms with Gasteiger partial charge in [0.15, 0.2) is 0 Å². The molecule has 8 nitrogen and oxygen atoms in total. The minimum absolute atomic E-state index is 0.0299. The Hall–Kier alpha value is -2.16. The van der Waals surface area contributed by atoms with Gasteiger partial charge >= 0.3 is 6.03 Å². The largest absolute Gasteiger partial charge is 0.388 e. The van der Waals surface area contributed by atoms with Gasteiger partial charge < -0.3 is 30.3 Å². The van der Waals surface area contributed by atoms with Gasteiger partial charge in [0, 0.05) is 18.6 Å². The lowest BCUT2D eigenvalue weighted by Crippen LogP contribution is -2.56. The maximum atomic E-state index is 13.5. The van der Waals surface area contributed by atoms with Crippen molar-refractivity contribution >= 4 is 11.9 Å². The first-order chi connectivity index (χ1) is 15.4. The fourth-order valence-corrected chi connectivity index (χ4v) is 5.01. The van der Waals surface area contributed by atoms with E-state index in [0.29, 0.717) is 32.8 Å². The van der Waals surface area contributed by atoms with E-state index >= 15 is 0 Å². The summed E-state index contributed by atoms with van der Waals surface area (Å²) in [5, 5.41) is 17.3. The summed E-state index contributed by atoms with van der Waals surface area (Å²) in [6.07, 6.45) is 4.80. The third-order valence-corrected chi connectivity index (χ3v) is 7.29. The SMILES string of the molecule is CN[C@@]1(c2ccccc2)CCCN(CC(=O)NC2COC2)C(=O)N(CC2(O)CCC2)CC1. The van der Waals surface area contributed by atoms with Gasteiger partial charge in [0.05, 0.1) is 31.4 Å². The second kappa shape index (κ2) is 9.77. The van der Waals surface area contributed by atoms with E-state index in [4.69, 9.17) is 4.74 Å². The third-order valence-electron chi connectivity index (χ3n) is 7.29. The lowest BCUT2D eigenvalue weighted by atomic mass is 9.79. The number of nitrogens with zero attached hydrogens (tertiary/aromatic N) is 2. The molecule has 0 spiro atoms. The molecule has 176 valence electrons. The summed E-state index contributed by atoms with van der Waals surface area (Å²) in [5.74, 6) is -0.156. The van der Waals surface area contributed by atoms with Crippen LogP contribution in [0.3, 0.4) is 0 Å². The molecule has 3 amide bonds. The summed E-state index contributed by atoms with van der Waals surface area (Å²) in [6, 6.07) is 10.2. The maximum absolute atomic E-state index is 13.5. The number of amides is 3. The molecule has 2 aliphatic heterocycles. The van der Waals surface area contributed by atoms with Crippen LogP contribution in [0.2, 0.25) is 0 Å². The molecule has 3 fully saturated rings. The molecule has 0 bridgehead atoms. The normalized spacial score (nSPS) is 26.4. The van der Waals surface area contributed by atoms with E-state index in [1.54, 1.807) is 9.80 Å². The predicted molar refractivity (Wildman–Crippen MR) is 121 cm³/mol. The lowest BCUT2D eigenvalue weighted by molar-refractivity contribution is -0.126. The molecule has 2 saturated heterocycles. The minimum atomic E-state index is -0.810. The van der Waals surface area contributed by atoms with Crippen LogP contribution in [0, 0.1) is 0 Å². The molecule has 3 aliphatic rings. The first-order valence-corrected chi connectivity index (χ1v) is 11.8. The first kappa shape index (κ1) is 23.0. The highest BCUT2D eigenvalue weighted by Gasteiger charge is 2.40. The standard InChI is InChI=1S/C24H36N4O4/c1-25-24(19-7-3-2-4-8-19)11-6-13-27(15-21(29)26-20-16-32-17-20)22(30)28(14-12-24)18-23(31)9-5-10-23/h2-4,7-8,20,25,31H,5-6,9-18H2,1H3,(H,26,29)/t24-/m0/s1. The van der Waals surface area contributed by atoms with Gasteiger partial charge in [-0.05, 0) is 51.1 Å². The van der Waals surface area contributed by atoms with Crippen LogP contribution >= 0.6 is 0 Å². The Morgan fingerprint density at radius 3 is 2.44 bits per heavy atom. The van der Waals surface area contributed by atoms with Crippen LogP contribution in [0.1, 0.15) is 44.1 Å². The molecule has 1 aromatic rings. The fourth-order valence-electron chi connectivity index (χ4n) is 5.01. The number of hydrogen-bond acceptors (Lipinski definition) is 5. The van der Waals surface area contributed by atoms with Crippen molar-refractivity contribution in [2.45, 2.75) is 55.7 Å². The van der Waals surface area contributed by atoms with Gasteiger partial charge in [-0.15, -0.1) is 0 Å². The molecule has 1 aromatic carbocycles. The number of hydrogen-bond donors (Lipinski definition) is 3. The van der Waals surface area contributed by atoms with Gasteiger partial charge in [0.25, 0.3) is 0 Å². The van der Waals surface area contributed by atoms with Crippen molar-refractivity contribution in [1.29, 1.82) is 0 Å². The summed E-state index contributed by atoms with van der Waals surface area (Å²) < 4.78 is 5.13. The molecule has 2 heterocycles. The van der Waals surface area contributed by atoms with Crippen LogP contribution < -0.4 is 10.6 Å². The van der Waals surface area contributed by atoms with Gasteiger partial charge in [-0.3, -0.25) is 4.79 Å². The van der Waals surface area contributed by atoms with Crippen molar-refractivity contribution in [3.05, 3.63) is 35.9 Å². The molecule has 1 atom stereocenters. The molecule has 32 heavy (non-hydrogen) atoms. The molecule has 0 aromatic heterocycles. The highest BCUT2D eigenvalue weighted by molar-refractivity contribution is 5.84. The molecule has 0 radical (unpaired) electrons. The van der Waals surface area contributed by atoms with E-state index in [0.717, 1.165) is 38.5 Å². The zero-order valence-electron chi connectivity index (χ0n) is 19.0. The first-order valence-electron chi connectivity index (χ1n) is 11.8. The van der Waals surface area contributed by atoms with E-state index in [-0.39, 0.29) is 30.1 Å². The molecule has 8 heteroatoms. The van der Waals surface area contributed by atoms with Crippen LogP contribution in [0.4, 0.5) is 4.79 Å². The highest BCUT2D eigenvalue weighted by atomic mass is 16.5. The Bertz CT molecular complexity index is 796. The van der Waals surface area contributed by atoms with E-state index in [9.17, 15) is 14.7 Å². The molecule has 1 saturated carbocycles. The van der Waals surface area contributed by atoms with Crippen LogP contribution in [0.15, 0.2) is 30.3 Å². The topological polar surface area (TPSA) is 94.1 Å². The van der Waals surface area contributed by atoms with E-state index in [1.807, 2.05) is 25.2 Å². The van der Waals surface area contributed by atoms with Gasteiger partial charge in [0.2, 0.25) is 5.91 Å². The Morgan fingerprint density at radius 1 is 1.09 bits per heavy atom. The van der Waals surface area contributed by atoms with Crippen LogP contribution in [-0.2, 0) is 15.1 Å². The smallest absolute Gasteiger partial charge is 0.320 e. The Labute approximate surface area is 190 Å². The third kappa shape index (κ3) is 5.08. The maximum Gasteiger partial charge on any atom is 0.320 e. The minimum Gasteiger partial charge on any atom is -0.388 e. The monoisotopic (exact) mass is 444 g/mol. The van der Waals surface area contributed by atoms with Crippen molar-refractivity contribution in [2.75, 3.05) is 46.4 Å². The summed E-state index contributed by atoms with van der Waals surface area (Å²) in [5.41, 5.74) is 0.132. The second-order valence-corrected chi connectivity index (χ2v) is 9.56. The lowest BCUT2D eigenvalue weighted by Gasteiger charge is -2.42. The highest BCUT2D eigenvalue weighted by Crippen LogP contribution is 2.35. The van der Waals surface area contributed by atoms with Crippen molar-refractivity contribution in [2.24, 2.45) is 0 Å². The average molecular weight is 445 g/mol. The number of carbonyl (C=O) groups is 2. The predicted octanol–water partition coefficient (Wildman–Crippen LogP) is 1.44. The number of ether oxygens (including phenoxy) is 1. The number of urea groups is 1. The van der Waals surface area contributed by atoms with Crippen molar-refractivity contribution in [3.63, 3.8) is 0 Å². The van der Waals surface area contributed by atoms with Gasteiger partial charge in [-0.1, -0.05) is 30.3 Å². The summed E-state index contributed by atoms with van der Waals surface area (Å²) in [4.78, 5) is 29.5. The zero-order valence-corrected chi connectivity index (χ0v) is 19.0. The number of carbonyl (C=O) groups excluding carboxylic acids is 2. The quantitative estimate of drug-likeness (QED) is 0.592. The second-order valence-electron chi connectivity index (χ2n) is 9.56. The van der Waals surface area contributed by atoms with E-state index in [2.05, 4.69) is 22.8 Å². The van der Waals surface area contributed by atoms with Gasteiger partial charge in [0.1, 0.15) is 6.54 Å². The molecular weight excluding hydrogens is 408 g/mol. The van der Waals surface area contributed by atoms with Crippen LogP contribution in [0.5, 0.6) is 0 Å². The average Bonchev–Trinajstić information content (AvgIpc) is 2.81. The van der Waals surface area contributed by atoms with Crippen LogP contribution in [-0.4, -0.2) is 84.9 Å². The van der Waals surface area contributed by atoms with Crippen molar-refractivity contribution in [1.82, 2.24) is 20.4 Å². The zero-order chi connectivity index (χ0) is 22.6. The number of benzene rings is 1. The van der Waals surface area contributed by atoms with E-state index < -0.39 is 5.60 Å². The molecular formula is C24H36N4O4. The Morgan fingerprint density at radius 2 is 1.84 bits per heavy atom. The van der Waals surface area contributed by atoms with Crippen LogP contribution in [0.25, 0.3) is 0 Å². The van der Waals surface area contributed by atoms with E-state index in [1.165, 1.54) is 5.56 Å². The number of β-amino-alcohol motifs (C(OH)–C–C–N with tert-alkyl or cyclic N) is 1. The summed E-state index contributed by atoms with van der Waals surface area (Å²) >= 11 is 0. The molecule has 3 N–H and O–H groups in total. The molecule has 1 aliphatic carbocycles.